The number of thiocarbonyl (C=S) groups is 1. The summed E-state index contributed by atoms with van der Waals surface area (Å²) < 4.78 is 13.9. The van der Waals surface area contributed by atoms with Gasteiger partial charge in [0.05, 0.1) is 23.4 Å². The fourth-order valence-corrected chi connectivity index (χ4v) is 4.93. The van der Waals surface area contributed by atoms with Crippen molar-refractivity contribution in [1.29, 1.82) is 0 Å². The van der Waals surface area contributed by atoms with E-state index in [0.717, 1.165) is 11.8 Å². The summed E-state index contributed by atoms with van der Waals surface area (Å²) in [6, 6.07) is 14.0. The molecule has 1 aliphatic heterocycles. The van der Waals surface area contributed by atoms with Crippen LogP contribution in [0, 0.1) is 6.92 Å². The molecule has 1 aliphatic rings. The first-order valence-electron chi connectivity index (χ1n) is 10.4. The minimum absolute atomic E-state index is 0.206. The number of ether oxygens (including phenoxy) is 2. The van der Waals surface area contributed by atoms with Crippen molar-refractivity contribution < 1.29 is 24.2 Å². The van der Waals surface area contributed by atoms with Crippen molar-refractivity contribution in [3.8, 4) is 17.2 Å². The smallest absolute Gasteiger partial charge is 0.341 e. The Morgan fingerprint density at radius 1 is 1.14 bits per heavy atom. The van der Waals surface area contributed by atoms with E-state index in [1.165, 1.54) is 16.7 Å². The van der Waals surface area contributed by atoms with E-state index in [9.17, 15) is 14.4 Å². The Morgan fingerprint density at radius 2 is 1.86 bits per heavy atom. The van der Waals surface area contributed by atoms with Gasteiger partial charge in [-0.3, -0.25) is 19.2 Å². The third-order valence-electron chi connectivity index (χ3n) is 5.38. The molecule has 11 heteroatoms. The maximum absolute atomic E-state index is 13.4. The number of rotatable bonds is 7. The molecule has 1 amide bonds. The van der Waals surface area contributed by atoms with E-state index in [-0.39, 0.29) is 21.3 Å². The fraction of sp³-hybridized carbons (Fsp3) is 0.167. The highest BCUT2D eigenvalue weighted by atomic mass is 32.2. The van der Waals surface area contributed by atoms with Crippen LogP contribution in [0.25, 0.3) is 11.8 Å². The molecule has 1 N–H and O–H groups in total. The van der Waals surface area contributed by atoms with E-state index >= 15 is 0 Å². The molecule has 2 aromatic carbocycles. The number of benzene rings is 2. The second-order valence-corrected chi connectivity index (χ2v) is 9.20. The summed E-state index contributed by atoms with van der Waals surface area (Å²) >= 11 is 6.57. The lowest BCUT2D eigenvalue weighted by Gasteiger charge is -2.12. The van der Waals surface area contributed by atoms with Gasteiger partial charge in [-0.2, -0.15) is 0 Å². The number of carboxylic acids is 1. The number of carboxylic acid groups (broad SMARTS) is 1. The number of carbonyl (C=O) groups excluding carboxylic acids is 1. The molecular weight excluding hydrogens is 490 g/mol. The SMILES string of the molecule is COc1cc(/C=C2/SC(=S)N(c3c(C)n(C)n(-c4ccccc4)c3=O)C2=O)ccc1OCC(=O)O. The second-order valence-electron chi connectivity index (χ2n) is 7.52. The van der Waals surface area contributed by atoms with E-state index < -0.39 is 18.5 Å². The van der Waals surface area contributed by atoms with Crippen molar-refractivity contribution in [2.24, 2.45) is 7.05 Å². The number of para-hydroxylation sites is 1. The molecule has 2 heterocycles. The summed E-state index contributed by atoms with van der Waals surface area (Å²) in [5.41, 5.74) is 1.75. The van der Waals surface area contributed by atoms with Gasteiger partial charge in [0.1, 0.15) is 5.69 Å². The Hall–Kier alpha value is -3.83. The van der Waals surface area contributed by atoms with Crippen LogP contribution in [0.15, 0.2) is 58.2 Å². The van der Waals surface area contributed by atoms with Gasteiger partial charge in [-0.25, -0.2) is 9.48 Å². The second kappa shape index (κ2) is 9.80. The number of carbonyl (C=O) groups is 2. The number of hydrogen-bond acceptors (Lipinski definition) is 7. The highest BCUT2D eigenvalue weighted by Gasteiger charge is 2.37. The maximum atomic E-state index is 13.4. The highest BCUT2D eigenvalue weighted by Crippen LogP contribution is 2.37. The third-order valence-corrected chi connectivity index (χ3v) is 6.68. The molecule has 35 heavy (non-hydrogen) atoms. The monoisotopic (exact) mass is 511 g/mol. The summed E-state index contributed by atoms with van der Waals surface area (Å²) in [5, 5.41) is 8.82. The summed E-state index contributed by atoms with van der Waals surface area (Å²) in [7, 11) is 3.18. The maximum Gasteiger partial charge on any atom is 0.341 e. The van der Waals surface area contributed by atoms with Gasteiger partial charge in [-0.1, -0.05) is 48.2 Å². The Labute approximate surface area is 210 Å². The van der Waals surface area contributed by atoms with Crippen molar-refractivity contribution in [1.82, 2.24) is 9.36 Å². The molecule has 0 saturated carbocycles. The van der Waals surface area contributed by atoms with Crippen molar-refractivity contribution >= 4 is 51.9 Å². The van der Waals surface area contributed by atoms with Crippen molar-refractivity contribution in [3.05, 3.63) is 75.0 Å². The van der Waals surface area contributed by atoms with Crippen LogP contribution in [0.4, 0.5) is 5.69 Å². The van der Waals surface area contributed by atoms with Gasteiger partial charge >= 0.3 is 5.97 Å². The number of aliphatic carboxylic acids is 1. The number of aromatic nitrogens is 2. The average Bonchev–Trinajstić information content (AvgIpc) is 3.23. The predicted octanol–water partition coefficient (Wildman–Crippen LogP) is 3.36. The molecule has 0 atom stereocenters. The molecule has 0 bridgehead atoms. The lowest BCUT2D eigenvalue weighted by molar-refractivity contribution is -0.139. The van der Waals surface area contributed by atoms with Gasteiger partial charge in [0.15, 0.2) is 22.4 Å². The van der Waals surface area contributed by atoms with Crippen LogP contribution < -0.4 is 19.9 Å². The molecule has 1 fully saturated rings. The Kier molecular flexibility index (Phi) is 6.81. The molecule has 1 saturated heterocycles. The topological polar surface area (TPSA) is 103 Å². The van der Waals surface area contributed by atoms with Gasteiger partial charge < -0.3 is 14.6 Å². The zero-order chi connectivity index (χ0) is 25.3. The first kappa shape index (κ1) is 24.3. The quantitative estimate of drug-likeness (QED) is 0.381. The van der Waals surface area contributed by atoms with Crippen molar-refractivity contribution in [3.63, 3.8) is 0 Å². The van der Waals surface area contributed by atoms with E-state index in [1.807, 2.05) is 30.3 Å². The Balaban J connectivity index is 1.68. The minimum atomic E-state index is -1.11. The summed E-state index contributed by atoms with van der Waals surface area (Å²) in [6.07, 6.45) is 1.64. The number of hydrogen-bond donors (Lipinski definition) is 1. The third kappa shape index (κ3) is 4.60. The van der Waals surface area contributed by atoms with Crippen LogP contribution in [0.5, 0.6) is 11.5 Å². The largest absolute Gasteiger partial charge is 0.493 e. The van der Waals surface area contributed by atoms with E-state index in [0.29, 0.717) is 27.6 Å². The number of amides is 1. The van der Waals surface area contributed by atoms with Gasteiger partial charge in [-0.05, 0) is 42.8 Å². The molecule has 4 rings (SSSR count). The molecule has 0 spiro atoms. The molecule has 0 unspecified atom stereocenters. The fourth-order valence-electron chi connectivity index (χ4n) is 3.66. The van der Waals surface area contributed by atoms with Crippen LogP contribution in [-0.2, 0) is 16.6 Å². The van der Waals surface area contributed by atoms with Crippen molar-refractivity contribution in [2.75, 3.05) is 18.6 Å². The minimum Gasteiger partial charge on any atom is -0.493 e. The first-order chi connectivity index (χ1) is 16.7. The zero-order valence-corrected chi connectivity index (χ0v) is 20.7. The van der Waals surface area contributed by atoms with Crippen LogP contribution in [-0.4, -0.2) is 44.4 Å². The number of methoxy groups -OCH3 is 1. The normalized spacial score (nSPS) is 14.6. The first-order valence-corrected chi connectivity index (χ1v) is 11.6. The van der Waals surface area contributed by atoms with Crippen LogP contribution in [0.3, 0.4) is 0 Å². The van der Waals surface area contributed by atoms with Gasteiger partial charge in [0.25, 0.3) is 11.5 Å². The number of anilines is 1. The van der Waals surface area contributed by atoms with Gasteiger partial charge in [0, 0.05) is 7.05 Å². The van der Waals surface area contributed by atoms with E-state index in [4.69, 9.17) is 26.8 Å². The Morgan fingerprint density at radius 3 is 2.51 bits per heavy atom. The zero-order valence-electron chi connectivity index (χ0n) is 19.0. The summed E-state index contributed by atoms with van der Waals surface area (Å²) in [5.74, 6) is -0.931. The lowest BCUT2D eigenvalue weighted by atomic mass is 10.2. The van der Waals surface area contributed by atoms with Gasteiger partial charge in [-0.15, -0.1) is 0 Å². The molecular formula is C24H21N3O6S2. The lowest BCUT2D eigenvalue weighted by Crippen LogP contribution is -2.33. The highest BCUT2D eigenvalue weighted by molar-refractivity contribution is 8.27. The van der Waals surface area contributed by atoms with Crippen molar-refractivity contribution in [2.45, 2.75) is 6.92 Å². The van der Waals surface area contributed by atoms with Crippen LogP contribution in [0.2, 0.25) is 0 Å². The average molecular weight is 512 g/mol. The summed E-state index contributed by atoms with van der Waals surface area (Å²) in [6.45, 7) is 1.25. The Bertz CT molecular complexity index is 1430. The molecule has 3 aromatic rings. The molecule has 180 valence electrons. The summed E-state index contributed by atoms with van der Waals surface area (Å²) in [4.78, 5) is 39.1. The molecule has 0 radical (unpaired) electrons. The molecule has 1 aromatic heterocycles. The van der Waals surface area contributed by atoms with Crippen LogP contribution in [0.1, 0.15) is 11.3 Å². The molecule has 0 aliphatic carbocycles. The molecule has 9 nitrogen and oxygen atoms in total. The van der Waals surface area contributed by atoms with Gasteiger partial charge in [0.2, 0.25) is 0 Å². The van der Waals surface area contributed by atoms with E-state index in [1.54, 1.807) is 42.9 Å². The number of thioether (sulfide) groups is 1. The van der Waals surface area contributed by atoms with E-state index in [2.05, 4.69) is 0 Å². The standard InChI is InChI=1S/C24H21N3O6S2/c1-14-21(23(31)27(25(14)2)16-7-5-4-6-8-16)26-22(30)19(35-24(26)34)12-15-9-10-17(18(11-15)32-3)33-13-20(28)29/h4-12H,13H2,1-3H3,(H,28,29)/b19-12+. The number of nitrogens with zero attached hydrogens (tertiary/aromatic N) is 3. The van der Waals surface area contributed by atoms with Crippen LogP contribution >= 0.6 is 24.0 Å². The predicted molar refractivity (Wildman–Crippen MR) is 138 cm³/mol.